The van der Waals surface area contributed by atoms with Crippen molar-refractivity contribution in [3.8, 4) is 0 Å². The first kappa shape index (κ1) is 10.5. The molecular formula is C13H18O3. The number of ketones is 2. The summed E-state index contributed by atoms with van der Waals surface area (Å²) in [5.74, 6) is 0.396. The van der Waals surface area contributed by atoms with Crippen LogP contribution in [0.2, 0.25) is 0 Å². The van der Waals surface area contributed by atoms with Crippen molar-refractivity contribution >= 4 is 11.6 Å². The normalized spacial score (nSPS) is 59.5. The minimum Gasteiger partial charge on any atom is -0.392 e. The van der Waals surface area contributed by atoms with Crippen LogP contribution in [0.5, 0.6) is 0 Å². The van der Waals surface area contributed by atoms with Gasteiger partial charge in [-0.3, -0.25) is 9.59 Å². The molecule has 4 saturated carbocycles. The van der Waals surface area contributed by atoms with Gasteiger partial charge in [0.05, 0.1) is 11.5 Å². The molecule has 0 heterocycles. The van der Waals surface area contributed by atoms with Crippen LogP contribution in [0.3, 0.4) is 0 Å². The van der Waals surface area contributed by atoms with Gasteiger partial charge in [0.25, 0.3) is 0 Å². The first-order chi connectivity index (χ1) is 7.25. The number of hydrogen-bond acceptors (Lipinski definition) is 3. The average Bonchev–Trinajstić information content (AvgIpc) is 2.34. The van der Waals surface area contributed by atoms with Gasteiger partial charge in [0.2, 0.25) is 0 Å². The van der Waals surface area contributed by atoms with Crippen LogP contribution in [0.1, 0.15) is 40.0 Å². The molecule has 0 aromatic carbocycles. The molecule has 0 radical (unpaired) electrons. The van der Waals surface area contributed by atoms with Crippen LogP contribution in [0, 0.1) is 22.2 Å². The average molecular weight is 222 g/mol. The van der Waals surface area contributed by atoms with Gasteiger partial charge in [0.15, 0.2) is 0 Å². The van der Waals surface area contributed by atoms with E-state index in [0.29, 0.717) is 19.3 Å². The summed E-state index contributed by atoms with van der Waals surface area (Å²) in [4.78, 5) is 24.6. The van der Waals surface area contributed by atoms with Crippen molar-refractivity contribution in [2.24, 2.45) is 22.2 Å². The lowest BCUT2D eigenvalue weighted by molar-refractivity contribution is -0.181. The smallest absolute Gasteiger partial charge is 0.147 e. The summed E-state index contributed by atoms with van der Waals surface area (Å²) in [7, 11) is 0. The van der Waals surface area contributed by atoms with Crippen molar-refractivity contribution < 1.29 is 14.7 Å². The maximum atomic E-state index is 12.5. The molecule has 0 amide bonds. The number of carbonyl (C=O) groups excluding carboxylic acids is 2. The zero-order valence-electron chi connectivity index (χ0n) is 10.0. The molecule has 0 saturated heterocycles. The summed E-state index contributed by atoms with van der Waals surface area (Å²) in [6.45, 7) is 5.75. The maximum absolute atomic E-state index is 12.5. The SMILES string of the molecule is C[C@]12C[C@]3(C)C(=O)[C@](C)(CC1=O)[C@H]2C[C@H]3O. The van der Waals surface area contributed by atoms with E-state index in [0.717, 1.165) is 0 Å². The van der Waals surface area contributed by atoms with Crippen molar-refractivity contribution in [2.75, 3.05) is 0 Å². The van der Waals surface area contributed by atoms with E-state index in [1.54, 1.807) is 0 Å². The fourth-order valence-corrected chi connectivity index (χ4v) is 4.78. The van der Waals surface area contributed by atoms with E-state index >= 15 is 0 Å². The van der Waals surface area contributed by atoms with Crippen LogP contribution in [-0.2, 0) is 9.59 Å². The molecule has 0 spiro atoms. The number of carbonyl (C=O) groups is 2. The van der Waals surface area contributed by atoms with E-state index in [2.05, 4.69) is 0 Å². The second kappa shape index (κ2) is 2.42. The molecule has 16 heavy (non-hydrogen) atoms. The van der Waals surface area contributed by atoms with Gasteiger partial charge in [0.1, 0.15) is 11.6 Å². The van der Waals surface area contributed by atoms with Gasteiger partial charge in [-0.1, -0.05) is 20.8 Å². The molecule has 4 aliphatic rings. The maximum Gasteiger partial charge on any atom is 0.147 e. The topological polar surface area (TPSA) is 54.4 Å². The quantitative estimate of drug-likeness (QED) is 0.672. The van der Waals surface area contributed by atoms with Gasteiger partial charge >= 0.3 is 0 Å². The number of fused-ring (bicyclic) bond motifs is 1. The number of Topliss-reactive ketones (excluding diaryl/α,β-unsaturated/α-hetero) is 2. The molecule has 5 atom stereocenters. The summed E-state index contributed by atoms with van der Waals surface area (Å²) in [5.41, 5.74) is -1.56. The number of hydrogen-bond donors (Lipinski definition) is 1. The first-order valence-electron chi connectivity index (χ1n) is 6.01. The zero-order chi connectivity index (χ0) is 11.9. The van der Waals surface area contributed by atoms with E-state index in [4.69, 9.17) is 0 Å². The van der Waals surface area contributed by atoms with Gasteiger partial charge in [-0.2, -0.15) is 0 Å². The molecule has 0 aromatic rings. The number of rotatable bonds is 0. The molecule has 0 aromatic heterocycles. The van der Waals surface area contributed by atoms with E-state index < -0.39 is 16.9 Å². The van der Waals surface area contributed by atoms with Crippen LogP contribution in [0.15, 0.2) is 0 Å². The molecule has 3 heteroatoms. The monoisotopic (exact) mass is 222 g/mol. The Kier molecular flexibility index (Phi) is 1.58. The van der Waals surface area contributed by atoms with Crippen LogP contribution >= 0.6 is 0 Å². The Labute approximate surface area is 95.2 Å². The van der Waals surface area contributed by atoms with E-state index in [1.807, 2.05) is 20.8 Å². The molecule has 88 valence electrons. The lowest BCUT2D eigenvalue weighted by Gasteiger charge is -2.58. The molecular weight excluding hydrogens is 204 g/mol. The van der Waals surface area contributed by atoms with Crippen molar-refractivity contribution in [1.82, 2.24) is 0 Å². The molecule has 4 rings (SSSR count). The van der Waals surface area contributed by atoms with Crippen LogP contribution < -0.4 is 0 Å². The van der Waals surface area contributed by atoms with E-state index in [9.17, 15) is 14.7 Å². The summed E-state index contributed by atoms with van der Waals surface area (Å²) in [6.07, 6.45) is 0.979. The lowest BCUT2D eigenvalue weighted by atomic mass is 9.45. The highest BCUT2D eigenvalue weighted by molar-refractivity contribution is 6.04. The zero-order valence-corrected chi connectivity index (χ0v) is 10.0. The van der Waals surface area contributed by atoms with Gasteiger partial charge in [-0.25, -0.2) is 0 Å². The third kappa shape index (κ3) is 0.795. The molecule has 0 aliphatic heterocycles. The standard InChI is InChI=1S/C13H18O3/c1-11-5-9(15)12(2)6-13(3,10(11)16)8(14)4-7(11)12/h7-8,14H,4-6H2,1-3H3/t7-,8-,11-,12-,13+/m1/s1. The predicted molar refractivity (Wildman–Crippen MR) is 57.7 cm³/mol. The third-order valence-corrected chi connectivity index (χ3v) is 5.67. The molecule has 4 fully saturated rings. The van der Waals surface area contributed by atoms with E-state index in [1.165, 1.54) is 0 Å². The third-order valence-electron chi connectivity index (χ3n) is 5.67. The van der Waals surface area contributed by atoms with Crippen molar-refractivity contribution in [2.45, 2.75) is 46.1 Å². The highest BCUT2D eigenvalue weighted by Gasteiger charge is 2.74. The molecule has 0 unspecified atom stereocenters. The van der Waals surface area contributed by atoms with Crippen LogP contribution in [0.4, 0.5) is 0 Å². The Morgan fingerprint density at radius 3 is 2.38 bits per heavy atom. The molecule has 1 N–H and O–H groups in total. The highest BCUT2D eigenvalue weighted by Crippen LogP contribution is 2.69. The number of aliphatic hydroxyl groups is 1. The first-order valence-corrected chi connectivity index (χ1v) is 6.01. The fourth-order valence-electron chi connectivity index (χ4n) is 4.78. The second-order valence-corrected chi connectivity index (χ2v) is 6.66. The predicted octanol–water partition coefficient (Wildman–Crippen LogP) is 1.33. The molecule has 4 aliphatic carbocycles. The van der Waals surface area contributed by atoms with Crippen molar-refractivity contribution in [3.05, 3.63) is 0 Å². The molecule has 3 nitrogen and oxygen atoms in total. The van der Waals surface area contributed by atoms with Crippen LogP contribution in [-0.4, -0.2) is 22.8 Å². The summed E-state index contributed by atoms with van der Waals surface area (Å²) in [6, 6.07) is 0. The number of aliphatic hydroxyl groups excluding tert-OH is 1. The Bertz CT molecular complexity index is 415. The minimum absolute atomic E-state index is 0.0526. The largest absolute Gasteiger partial charge is 0.392 e. The van der Waals surface area contributed by atoms with Gasteiger partial charge in [-0.05, 0) is 18.8 Å². The van der Waals surface area contributed by atoms with Crippen molar-refractivity contribution in [1.29, 1.82) is 0 Å². The van der Waals surface area contributed by atoms with Crippen molar-refractivity contribution in [3.63, 3.8) is 0 Å². The van der Waals surface area contributed by atoms with Gasteiger partial charge in [0, 0.05) is 17.3 Å². The highest BCUT2D eigenvalue weighted by atomic mass is 16.3. The Morgan fingerprint density at radius 2 is 1.75 bits per heavy atom. The fraction of sp³-hybridized carbons (Fsp3) is 0.846. The van der Waals surface area contributed by atoms with Gasteiger partial charge in [-0.15, -0.1) is 0 Å². The summed E-state index contributed by atoms with van der Waals surface area (Å²) in [5, 5.41) is 10.1. The Balaban J connectivity index is 2.23. The second-order valence-electron chi connectivity index (χ2n) is 6.66. The molecule has 4 bridgehead atoms. The van der Waals surface area contributed by atoms with E-state index in [-0.39, 0.29) is 22.9 Å². The Hall–Kier alpha value is -0.700. The minimum atomic E-state index is -0.690. The van der Waals surface area contributed by atoms with Crippen LogP contribution in [0.25, 0.3) is 0 Å². The summed E-state index contributed by atoms with van der Waals surface area (Å²) < 4.78 is 0. The van der Waals surface area contributed by atoms with Gasteiger partial charge < -0.3 is 5.11 Å². The summed E-state index contributed by atoms with van der Waals surface area (Å²) >= 11 is 0. The lowest BCUT2D eigenvalue weighted by Crippen LogP contribution is -2.63. The Morgan fingerprint density at radius 1 is 1.12 bits per heavy atom.